The quantitative estimate of drug-likeness (QED) is 0.495. The Morgan fingerprint density at radius 3 is 2.36 bits per heavy atom. The summed E-state index contributed by atoms with van der Waals surface area (Å²) in [6.45, 7) is 7.88. The molecule has 1 heterocycles. The number of hydrogen-bond acceptors (Lipinski definition) is 4. The highest BCUT2D eigenvalue weighted by Crippen LogP contribution is 2.39. The van der Waals surface area contributed by atoms with Gasteiger partial charge in [0.1, 0.15) is 0 Å². The largest absolute Gasteiger partial charge is 0.491 e. The summed E-state index contributed by atoms with van der Waals surface area (Å²) >= 11 is 10.3. The standard InChI is InChI=1S/C15H20BClFNO2S/c1-14(2)15(3,4)21-16(20-14)10(8-22)7-9-5-6-11(19)13(18)12(9)17/h5-7,22H,8,19H2,1-4H3. The minimum absolute atomic E-state index is 0.0178. The van der Waals surface area contributed by atoms with Gasteiger partial charge in [-0.1, -0.05) is 23.7 Å². The molecule has 120 valence electrons. The number of anilines is 1. The van der Waals surface area contributed by atoms with E-state index in [0.717, 1.165) is 5.47 Å². The van der Waals surface area contributed by atoms with Gasteiger partial charge in [0.2, 0.25) is 0 Å². The van der Waals surface area contributed by atoms with E-state index >= 15 is 0 Å². The highest BCUT2D eigenvalue weighted by atomic mass is 35.5. The predicted octanol–water partition coefficient (Wildman–Crippen LogP) is 4.01. The molecule has 0 aromatic heterocycles. The highest BCUT2D eigenvalue weighted by molar-refractivity contribution is 7.80. The van der Waals surface area contributed by atoms with Gasteiger partial charge < -0.3 is 15.0 Å². The normalized spacial score (nSPS) is 20.5. The lowest BCUT2D eigenvalue weighted by Crippen LogP contribution is -2.41. The molecule has 0 radical (unpaired) electrons. The van der Waals surface area contributed by atoms with E-state index < -0.39 is 24.1 Å². The zero-order valence-electron chi connectivity index (χ0n) is 13.1. The summed E-state index contributed by atoms with van der Waals surface area (Å²) in [6.07, 6.45) is 1.74. The smallest absolute Gasteiger partial charge is 0.400 e. The predicted molar refractivity (Wildman–Crippen MR) is 93.7 cm³/mol. The van der Waals surface area contributed by atoms with Gasteiger partial charge >= 0.3 is 7.12 Å². The van der Waals surface area contributed by atoms with Gasteiger partial charge in [0, 0.05) is 5.75 Å². The zero-order valence-corrected chi connectivity index (χ0v) is 14.8. The van der Waals surface area contributed by atoms with E-state index in [1.54, 1.807) is 12.1 Å². The maximum absolute atomic E-state index is 13.8. The van der Waals surface area contributed by atoms with Gasteiger partial charge in [0.15, 0.2) is 5.82 Å². The van der Waals surface area contributed by atoms with Crippen molar-refractivity contribution in [3.05, 3.63) is 34.0 Å². The van der Waals surface area contributed by atoms with Crippen molar-refractivity contribution in [2.24, 2.45) is 0 Å². The number of nitrogens with two attached hydrogens (primary N) is 1. The van der Waals surface area contributed by atoms with Gasteiger partial charge in [-0.05, 0) is 44.8 Å². The fourth-order valence-corrected chi connectivity index (χ4v) is 2.54. The molecule has 0 aliphatic carbocycles. The summed E-state index contributed by atoms with van der Waals surface area (Å²) in [6, 6.07) is 3.14. The minimum atomic E-state index is -0.622. The molecule has 1 fully saturated rings. The molecule has 0 unspecified atom stereocenters. The van der Waals surface area contributed by atoms with Crippen LogP contribution in [-0.4, -0.2) is 24.1 Å². The van der Waals surface area contributed by atoms with E-state index in [0.29, 0.717) is 11.3 Å². The molecule has 1 aliphatic rings. The van der Waals surface area contributed by atoms with Crippen molar-refractivity contribution in [1.82, 2.24) is 0 Å². The van der Waals surface area contributed by atoms with Gasteiger partial charge in [-0.3, -0.25) is 0 Å². The Labute approximate surface area is 141 Å². The molecule has 2 N–H and O–H groups in total. The van der Waals surface area contributed by atoms with Crippen LogP contribution in [0.25, 0.3) is 6.08 Å². The van der Waals surface area contributed by atoms with Crippen LogP contribution >= 0.6 is 24.2 Å². The number of halogens is 2. The fourth-order valence-electron chi connectivity index (χ4n) is 2.07. The Bertz CT molecular complexity index is 606. The van der Waals surface area contributed by atoms with Crippen molar-refractivity contribution in [1.29, 1.82) is 0 Å². The Morgan fingerprint density at radius 2 is 1.86 bits per heavy atom. The van der Waals surface area contributed by atoms with E-state index in [2.05, 4.69) is 12.6 Å². The van der Waals surface area contributed by atoms with Crippen LogP contribution in [0.5, 0.6) is 0 Å². The zero-order chi connectivity index (χ0) is 16.7. The molecule has 1 saturated heterocycles. The van der Waals surface area contributed by atoms with Crippen LogP contribution in [-0.2, 0) is 9.31 Å². The van der Waals surface area contributed by atoms with Gasteiger partial charge in [0.05, 0.1) is 21.9 Å². The van der Waals surface area contributed by atoms with E-state index in [4.69, 9.17) is 26.6 Å². The maximum atomic E-state index is 13.8. The van der Waals surface area contributed by atoms with Crippen LogP contribution < -0.4 is 5.73 Å². The van der Waals surface area contributed by atoms with Gasteiger partial charge in [-0.25, -0.2) is 4.39 Å². The van der Waals surface area contributed by atoms with Crippen LogP contribution in [0.2, 0.25) is 5.02 Å². The Hall–Kier alpha value is -0.685. The second-order valence-electron chi connectivity index (χ2n) is 6.34. The van der Waals surface area contributed by atoms with E-state index in [1.165, 1.54) is 6.07 Å². The average molecular weight is 344 g/mol. The van der Waals surface area contributed by atoms with Crippen molar-refractivity contribution in [2.75, 3.05) is 11.5 Å². The summed E-state index contributed by atoms with van der Waals surface area (Å²) in [7, 11) is -0.542. The van der Waals surface area contributed by atoms with Gasteiger partial charge in [-0.15, -0.1) is 0 Å². The summed E-state index contributed by atoms with van der Waals surface area (Å²) < 4.78 is 25.8. The average Bonchev–Trinajstić information content (AvgIpc) is 2.64. The summed E-state index contributed by atoms with van der Waals surface area (Å²) in [4.78, 5) is 0. The molecule has 2 rings (SSSR count). The first-order chi connectivity index (χ1) is 10.1. The van der Waals surface area contributed by atoms with Crippen molar-refractivity contribution >= 4 is 43.1 Å². The third-order valence-electron chi connectivity index (χ3n) is 4.22. The molecule has 7 heteroatoms. The van der Waals surface area contributed by atoms with E-state index in [-0.39, 0.29) is 10.7 Å². The third kappa shape index (κ3) is 3.16. The second kappa shape index (κ2) is 6.08. The van der Waals surface area contributed by atoms with Crippen LogP contribution in [0, 0.1) is 5.82 Å². The van der Waals surface area contributed by atoms with Crippen LogP contribution in [0.1, 0.15) is 33.3 Å². The number of nitrogen functional groups attached to an aromatic ring is 1. The molecular weight excluding hydrogens is 324 g/mol. The van der Waals surface area contributed by atoms with E-state index in [1.807, 2.05) is 27.7 Å². The molecule has 3 nitrogen and oxygen atoms in total. The van der Waals surface area contributed by atoms with Crippen molar-refractivity contribution in [2.45, 2.75) is 38.9 Å². The lowest BCUT2D eigenvalue weighted by atomic mass is 9.78. The van der Waals surface area contributed by atoms with E-state index in [9.17, 15) is 4.39 Å². The lowest BCUT2D eigenvalue weighted by molar-refractivity contribution is 0.00578. The van der Waals surface area contributed by atoms with Crippen molar-refractivity contribution in [3.8, 4) is 0 Å². The van der Waals surface area contributed by atoms with Crippen LogP contribution in [0.4, 0.5) is 10.1 Å². The molecule has 0 atom stereocenters. The SMILES string of the molecule is CC1(C)OB(C(=Cc2ccc(N)c(F)c2Cl)CS)OC1(C)C. The number of benzene rings is 1. The molecule has 0 bridgehead atoms. The topological polar surface area (TPSA) is 44.5 Å². The van der Waals surface area contributed by atoms with Gasteiger partial charge in [0.25, 0.3) is 0 Å². The van der Waals surface area contributed by atoms with Crippen molar-refractivity contribution in [3.63, 3.8) is 0 Å². The number of rotatable bonds is 3. The molecular formula is C15H20BClFNO2S. The second-order valence-corrected chi connectivity index (χ2v) is 7.03. The molecule has 22 heavy (non-hydrogen) atoms. The summed E-state index contributed by atoms with van der Waals surface area (Å²) in [5, 5.41) is -0.0178. The first-order valence-electron chi connectivity index (χ1n) is 6.99. The highest BCUT2D eigenvalue weighted by Gasteiger charge is 2.52. The lowest BCUT2D eigenvalue weighted by Gasteiger charge is -2.32. The molecule has 0 saturated carbocycles. The fraction of sp³-hybridized carbons (Fsp3) is 0.467. The molecule has 1 aliphatic heterocycles. The Kier molecular flexibility index (Phi) is 4.88. The Balaban J connectivity index is 2.36. The number of thiol groups is 1. The van der Waals surface area contributed by atoms with Crippen LogP contribution in [0.3, 0.4) is 0 Å². The summed E-state index contributed by atoms with van der Waals surface area (Å²) in [5.74, 6) is -0.220. The molecule has 1 aromatic carbocycles. The molecule has 0 spiro atoms. The van der Waals surface area contributed by atoms with Crippen molar-refractivity contribution < 1.29 is 13.7 Å². The first kappa shape index (κ1) is 17.7. The van der Waals surface area contributed by atoms with Gasteiger partial charge in [-0.2, -0.15) is 12.6 Å². The Morgan fingerprint density at radius 1 is 1.32 bits per heavy atom. The molecule has 0 amide bonds. The monoisotopic (exact) mass is 343 g/mol. The molecule has 1 aromatic rings. The first-order valence-corrected chi connectivity index (χ1v) is 8.00. The maximum Gasteiger partial charge on any atom is 0.491 e. The minimum Gasteiger partial charge on any atom is -0.400 e. The number of hydrogen-bond donors (Lipinski definition) is 2. The summed E-state index contributed by atoms with van der Waals surface area (Å²) in [5.41, 5.74) is 5.91. The van der Waals surface area contributed by atoms with Crippen LogP contribution in [0.15, 0.2) is 17.6 Å². The third-order valence-corrected chi connectivity index (χ3v) is 4.97.